The van der Waals surface area contributed by atoms with Gasteiger partial charge >= 0.3 is 12.3 Å². The van der Waals surface area contributed by atoms with E-state index < -0.39 is 24.5 Å². The van der Waals surface area contributed by atoms with Crippen molar-refractivity contribution in [2.45, 2.75) is 32.5 Å². The van der Waals surface area contributed by atoms with Crippen molar-refractivity contribution in [3.8, 4) is 0 Å². The monoisotopic (exact) mass is 229 g/mol. The minimum atomic E-state index is -4.48. The smallest absolute Gasteiger partial charge is 0.434 e. The Morgan fingerprint density at radius 3 is 2.07 bits per heavy atom. The van der Waals surface area contributed by atoms with Gasteiger partial charge in [-0.05, 0) is 20.8 Å². The van der Waals surface area contributed by atoms with Gasteiger partial charge in [-0.25, -0.2) is 4.79 Å². The number of alkyl halides is 3. The number of hydrogen-bond acceptors (Lipinski definition) is 3. The summed E-state index contributed by atoms with van der Waals surface area (Å²) in [5.41, 5.74) is -0.771. The van der Waals surface area contributed by atoms with Crippen LogP contribution < -0.4 is 0 Å². The van der Waals surface area contributed by atoms with Gasteiger partial charge in [0.2, 0.25) is 0 Å². The molecular formula is C8H14F3NO3. The SMILES string of the molecule is CN(OCC(F)(F)F)C(=O)OC(C)(C)C. The number of carbonyl (C=O) groups is 1. The summed E-state index contributed by atoms with van der Waals surface area (Å²) < 4.78 is 39.9. The number of ether oxygens (including phenoxy) is 1. The molecular weight excluding hydrogens is 215 g/mol. The average Bonchev–Trinajstić information content (AvgIpc) is 1.95. The lowest BCUT2D eigenvalue weighted by atomic mass is 10.2. The lowest BCUT2D eigenvalue weighted by molar-refractivity contribution is -0.233. The fourth-order valence-corrected chi connectivity index (χ4v) is 0.549. The van der Waals surface area contributed by atoms with Crippen molar-refractivity contribution in [1.29, 1.82) is 0 Å². The second-order valence-electron chi connectivity index (χ2n) is 3.87. The summed E-state index contributed by atoms with van der Waals surface area (Å²) >= 11 is 0. The first-order chi connectivity index (χ1) is 6.51. The first-order valence-electron chi connectivity index (χ1n) is 4.17. The van der Waals surface area contributed by atoms with Crippen molar-refractivity contribution in [2.75, 3.05) is 13.7 Å². The summed E-state index contributed by atoms with van der Waals surface area (Å²) in [7, 11) is 1.06. The number of rotatable bonds is 2. The second-order valence-corrected chi connectivity index (χ2v) is 3.87. The molecule has 0 aromatic carbocycles. The number of nitrogens with zero attached hydrogens (tertiary/aromatic N) is 1. The van der Waals surface area contributed by atoms with Crippen LogP contribution in [-0.2, 0) is 9.57 Å². The zero-order chi connectivity index (χ0) is 12.3. The number of hydroxylamine groups is 2. The molecule has 90 valence electrons. The molecule has 0 unspecified atom stereocenters. The van der Waals surface area contributed by atoms with E-state index in [-0.39, 0.29) is 0 Å². The number of amides is 1. The summed E-state index contributed by atoms with van der Waals surface area (Å²) in [6.07, 6.45) is -5.44. The zero-order valence-electron chi connectivity index (χ0n) is 9.01. The van der Waals surface area contributed by atoms with Crippen LogP contribution in [0.2, 0.25) is 0 Å². The van der Waals surface area contributed by atoms with Gasteiger partial charge in [0.1, 0.15) is 5.60 Å². The number of hydrogen-bond donors (Lipinski definition) is 0. The Labute approximate surface area is 85.9 Å². The van der Waals surface area contributed by atoms with Gasteiger partial charge in [-0.3, -0.25) is 4.84 Å². The van der Waals surface area contributed by atoms with Crippen LogP contribution in [0.5, 0.6) is 0 Å². The van der Waals surface area contributed by atoms with E-state index in [4.69, 9.17) is 4.74 Å². The third kappa shape index (κ3) is 8.04. The predicted octanol–water partition coefficient (Wildman–Crippen LogP) is 2.35. The fraction of sp³-hybridized carbons (Fsp3) is 0.875. The highest BCUT2D eigenvalue weighted by atomic mass is 19.4. The van der Waals surface area contributed by atoms with Crippen LogP contribution in [0.15, 0.2) is 0 Å². The van der Waals surface area contributed by atoms with E-state index in [1.807, 2.05) is 0 Å². The molecule has 7 heteroatoms. The van der Waals surface area contributed by atoms with Crippen LogP contribution in [0.1, 0.15) is 20.8 Å². The fourth-order valence-electron chi connectivity index (χ4n) is 0.549. The molecule has 0 fully saturated rings. The van der Waals surface area contributed by atoms with Crippen LogP contribution in [0.25, 0.3) is 0 Å². The largest absolute Gasteiger partial charge is 0.442 e. The van der Waals surface area contributed by atoms with E-state index in [0.717, 1.165) is 7.05 Å². The molecule has 0 aromatic heterocycles. The summed E-state index contributed by atoms with van der Waals surface area (Å²) in [6.45, 7) is 3.27. The maximum absolute atomic E-state index is 11.7. The number of halogens is 3. The third-order valence-corrected chi connectivity index (χ3v) is 1.07. The molecule has 0 atom stereocenters. The van der Waals surface area contributed by atoms with E-state index in [9.17, 15) is 18.0 Å². The Morgan fingerprint density at radius 1 is 1.27 bits per heavy atom. The second kappa shape index (κ2) is 4.69. The Balaban J connectivity index is 4.01. The van der Waals surface area contributed by atoms with Gasteiger partial charge in [0, 0.05) is 7.05 Å². The van der Waals surface area contributed by atoms with Gasteiger partial charge in [-0.15, -0.1) is 0 Å². The van der Waals surface area contributed by atoms with E-state index in [0.29, 0.717) is 5.06 Å². The van der Waals surface area contributed by atoms with E-state index in [1.54, 1.807) is 20.8 Å². The van der Waals surface area contributed by atoms with Crippen molar-refractivity contribution in [3.05, 3.63) is 0 Å². The van der Waals surface area contributed by atoms with Crippen LogP contribution in [0, 0.1) is 0 Å². The summed E-state index contributed by atoms with van der Waals surface area (Å²) in [6, 6.07) is 0. The Kier molecular flexibility index (Phi) is 4.39. The molecule has 1 amide bonds. The first kappa shape index (κ1) is 14.0. The molecule has 0 aliphatic carbocycles. The van der Waals surface area contributed by atoms with E-state index in [2.05, 4.69) is 4.84 Å². The van der Waals surface area contributed by atoms with Crippen LogP contribution in [0.3, 0.4) is 0 Å². The molecule has 0 spiro atoms. The van der Waals surface area contributed by atoms with Crippen molar-refractivity contribution in [3.63, 3.8) is 0 Å². The van der Waals surface area contributed by atoms with Gasteiger partial charge in [-0.2, -0.15) is 18.2 Å². The van der Waals surface area contributed by atoms with Crippen molar-refractivity contribution in [2.24, 2.45) is 0 Å². The van der Waals surface area contributed by atoms with Gasteiger partial charge in [0.15, 0.2) is 6.61 Å². The standard InChI is InChI=1S/C8H14F3NO3/c1-7(2,3)15-6(13)12(4)14-5-8(9,10)11/h5H2,1-4H3. The molecule has 0 saturated carbocycles. The summed E-state index contributed by atoms with van der Waals surface area (Å²) in [5.74, 6) is 0. The maximum atomic E-state index is 11.7. The van der Waals surface area contributed by atoms with E-state index >= 15 is 0 Å². The average molecular weight is 229 g/mol. The van der Waals surface area contributed by atoms with E-state index in [1.165, 1.54) is 0 Å². The van der Waals surface area contributed by atoms with Crippen LogP contribution >= 0.6 is 0 Å². The minimum absolute atomic E-state index is 0.415. The number of carbonyl (C=O) groups excluding carboxylic acids is 1. The molecule has 0 heterocycles. The summed E-state index contributed by atoms with van der Waals surface area (Å²) in [5, 5.41) is 0.415. The first-order valence-corrected chi connectivity index (χ1v) is 4.17. The molecule has 4 nitrogen and oxygen atoms in total. The Hall–Kier alpha value is -0.980. The highest BCUT2D eigenvalue weighted by Gasteiger charge is 2.30. The predicted molar refractivity (Wildman–Crippen MR) is 46.0 cm³/mol. The molecule has 0 rings (SSSR count). The molecule has 0 saturated heterocycles. The maximum Gasteiger partial charge on any atom is 0.434 e. The molecule has 0 aromatic rings. The van der Waals surface area contributed by atoms with Crippen LogP contribution in [0.4, 0.5) is 18.0 Å². The van der Waals surface area contributed by atoms with Crippen LogP contribution in [-0.4, -0.2) is 36.6 Å². The zero-order valence-corrected chi connectivity index (χ0v) is 9.01. The quantitative estimate of drug-likeness (QED) is 0.682. The topological polar surface area (TPSA) is 38.8 Å². The molecule has 0 bridgehead atoms. The normalized spacial score (nSPS) is 12.5. The van der Waals surface area contributed by atoms with Crippen molar-refractivity contribution < 1.29 is 27.5 Å². The lowest BCUT2D eigenvalue weighted by Crippen LogP contribution is -2.36. The lowest BCUT2D eigenvalue weighted by Gasteiger charge is -2.24. The molecule has 0 aliphatic heterocycles. The third-order valence-electron chi connectivity index (χ3n) is 1.07. The molecule has 0 radical (unpaired) electrons. The Bertz CT molecular complexity index is 222. The van der Waals surface area contributed by atoms with Gasteiger partial charge in [-0.1, -0.05) is 0 Å². The summed E-state index contributed by atoms with van der Waals surface area (Å²) in [4.78, 5) is 15.2. The minimum Gasteiger partial charge on any atom is -0.442 e. The molecule has 0 aliphatic rings. The van der Waals surface area contributed by atoms with Crippen molar-refractivity contribution in [1.82, 2.24) is 5.06 Å². The Morgan fingerprint density at radius 2 is 1.73 bits per heavy atom. The van der Waals surface area contributed by atoms with Gasteiger partial charge < -0.3 is 4.74 Å². The molecule has 15 heavy (non-hydrogen) atoms. The highest BCUT2D eigenvalue weighted by Crippen LogP contribution is 2.16. The van der Waals surface area contributed by atoms with Gasteiger partial charge in [0.25, 0.3) is 0 Å². The van der Waals surface area contributed by atoms with Crippen molar-refractivity contribution >= 4 is 6.09 Å². The van der Waals surface area contributed by atoms with Gasteiger partial charge in [0.05, 0.1) is 0 Å². The highest BCUT2D eigenvalue weighted by molar-refractivity contribution is 5.66. The molecule has 0 N–H and O–H groups in total.